The van der Waals surface area contributed by atoms with E-state index in [0.29, 0.717) is 4.47 Å². The average molecular weight is 517 g/mol. The minimum Gasteiger partial charge on any atom is -0.207 e. The molecule has 0 saturated carbocycles. The summed E-state index contributed by atoms with van der Waals surface area (Å²) in [4.78, 5) is -1.37. The monoisotopic (exact) mass is 514 g/mol. The van der Waals surface area contributed by atoms with Crippen molar-refractivity contribution in [1.29, 1.82) is 0 Å². The lowest BCUT2D eigenvalue weighted by molar-refractivity contribution is 0.523. The third-order valence-electron chi connectivity index (χ3n) is 2.19. The van der Waals surface area contributed by atoms with Gasteiger partial charge in [-0.05, 0) is 24.3 Å². The van der Waals surface area contributed by atoms with Crippen molar-refractivity contribution < 1.29 is 26.0 Å². The van der Waals surface area contributed by atoms with Crippen molar-refractivity contribution in [3.8, 4) is 0 Å². The molecule has 0 spiro atoms. The highest BCUT2D eigenvalue weighted by atomic mass is 79.9. The normalized spacial score (nSPS) is 11.0. The van der Waals surface area contributed by atoms with E-state index in [2.05, 4.69) is 44.5 Å². The molecule has 2 rings (SSSR count). The highest BCUT2D eigenvalue weighted by Gasteiger charge is 2.22. The van der Waals surface area contributed by atoms with Crippen LogP contribution in [0.2, 0.25) is 0 Å². The van der Waals surface area contributed by atoms with Gasteiger partial charge in [0.15, 0.2) is 4.90 Å². The first-order chi connectivity index (χ1) is 10.4. The molecule has 0 unspecified atom stereocenters. The molecule has 0 aliphatic carbocycles. The van der Waals surface area contributed by atoms with Crippen molar-refractivity contribution in [2.24, 2.45) is 0 Å². The molecule has 0 radical (unpaired) electrons. The summed E-state index contributed by atoms with van der Waals surface area (Å²) in [6, 6.07) is 3.95. The number of hydrogen-bond acceptors (Lipinski definition) is 3. The molecule has 2 nitrogen and oxygen atoms in total. The lowest BCUT2D eigenvalue weighted by Crippen LogP contribution is -1.99. The van der Waals surface area contributed by atoms with Crippen LogP contribution in [0.3, 0.4) is 0 Å². The van der Waals surface area contributed by atoms with Gasteiger partial charge in [0.05, 0.1) is 4.90 Å². The van der Waals surface area contributed by atoms with E-state index in [-0.39, 0.29) is 9.37 Å². The smallest absolute Gasteiger partial charge is 0.207 e. The number of benzene rings is 2. The number of hydrogen-bond donors (Lipinski definition) is 1. The molecule has 0 heterocycles. The van der Waals surface area contributed by atoms with Gasteiger partial charge in [-0.2, -0.15) is 0 Å². The summed E-state index contributed by atoms with van der Waals surface area (Å²) in [5.41, 5.74) is 0. The van der Waals surface area contributed by atoms with Gasteiger partial charge in [-0.15, -0.1) is 12.6 Å². The Labute approximate surface area is 155 Å². The fourth-order valence-electron chi connectivity index (χ4n) is 1.30. The second-order valence-corrected chi connectivity index (χ2v) is 8.64. The molecule has 0 aliphatic rings. The van der Waals surface area contributed by atoms with Gasteiger partial charge >= 0.3 is 0 Å². The topological polar surface area (TPSA) is 34.1 Å². The van der Waals surface area contributed by atoms with E-state index < -0.39 is 37.2 Å². The molecule has 0 amide bonds. The molecule has 0 aliphatic heterocycles. The van der Waals surface area contributed by atoms with E-state index in [4.69, 9.17) is 10.7 Å². The Hall–Kier alpha value is -0.290. The van der Waals surface area contributed by atoms with E-state index in [1.165, 1.54) is 0 Å². The van der Waals surface area contributed by atoms with Gasteiger partial charge < -0.3 is 0 Å². The van der Waals surface area contributed by atoms with Crippen molar-refractivity contribution in [3.63, 3.8) is 0 Å². The van der Waals surface area contributed by atoms with Crippen LogP contribution >= 0.6 is 55.2 Å². The Kier molecular flexibility index (Phi) is 7.39. The van der Waals surface area contributed by atoms with Crippen LogP contribution in [0.25, 0.3) is 0 Å². The lowest BCUT2D eigenvalue weighted by atomic mass is 10.3. The molecular formula is C12H5Br2ClF4O2S2. The quantitative estimate of drug-likeness (QED) is 0.301. The van der Waals surface area contributed by atoms with E-state index >= 15 is 0 Å². The first kappa shape index (κ1) is 20.8. The summed E-state index contributed by atoms with van der Waals surface area (Å²) >= 11 is 9.32. The van der Waals surface area contributed by atoms with E-state index in [1.807, 2.05) is 0 Å². The van der Waals surface area contributed by atoms with Crippen LogP contribution < -0.4 is 0 Å². The molecule has 0 fully saturated rings. The van der Waals surface area contributed by atoms with Crippen LogP contribution in [0.4, 0.5) is 17.6 Å². The third kappa shape index (κ3) is 5.93. The van der Waals surface area contributed by atoms with Crippen LogP contribution in [0.1, 0.15) is 0 Å². The fourth-order valence-corrected chi connectivity index (χ4v) is 3.26. The Morgan fingerprint density at radius 3 is 1.43 bits per heavy atom. The summed E-state index contributed by atoms with van der Waals surface area (Å²) in [6.45, 7) is 0. The first-order valence-electron chi connectivity index (χ1n) is 5.36. The summed E-state index contributed by atoms with van der Waals surface area (Å²) in [5.74, 6) is -3.76. The maximum absolute atomic E-state index is 12.9. The van der Waals surface area contributed by atoms with Crippen LogP contribution in [0.15, 0.2) is 43.0 Å². The molecule has 11 heteroatoms. The Balaban J connectivity index is 0.000000238. The zero-order valence-corrected chi connectivity index (χ0v) is 16.3. The fraction of sp³-hybridized carbons (Fsp3) is 0. The van der Waals surface area contributed by atoms with Gasteiger partial charge in [-0.25, -0.2) is 26.0 Å². The minimum absolute atomic E-state index is 0.103. The van der Waals surface area contributed by atoms with E-state index in [1.54, 1.807) is 0 Å². The van der Waals surface area contributed by atoms with Crippen LogP contribution in [0.5, 0.6) is 0 Å². The maximum atomic E-state index is 12.9. The maximum Gasteiger partial charge on any atom is 0.267 e. The van der Waals surface area contributed by atoms with Gasteiger partial charge in [0, 0.05) is 19.6 Å². The zero-order chi connectivity index (χ0) is 17.9. The predicted molar refractivity (Wildman–Crippen MR) is 88.4 cm³/mol. The second-order valence-electron chi connectivity index (χ2n) is 3.85. The van der Waals surface area contributed by atoms with Crippen molar-refractivity contribution in [2.45, 2.75) is 9.79 Å². The number of rotatable bonds is 1. The standard InChI is InChI=1S/C6H2BrClF2O2S.C6H3BrF2S/c7-3-1-4(9)6(5(10)2-3)13(8,11)12;7-3-1-4(8)6(10)5(9)2-3/h1-2H;1-2,10H. The first-order valence-corrected chi connectivity index (χ1v) is 9.70. The SMILES string of the molecule is Fc1cc(Br)cc(F)c1S.O=S(=O)(Cl)c1c(F)cc(Br)cc1F. The summed E-state index contributed by atoms with van der Waals surface area (Å²) < 4.78 is 72.5. The third-order valence-corrected chi connectivity index (χ3v) is 4.87. The van der Waals surface area contributed by atoms with Gasteiger partial charge in [0.2, 0.25) is 0 Å². The molecule has 0 saturated heterocycles. The molecule has 2 aromatic carbocycles. The molecule has 2 aromatic rings. The number of thiol groups is 1. The highest BCUT2D eigenvalue weighted by molar-refractivity contribution is 9.10. The lowest BCUT2D eigenvalue weighted by Gasteiger charge is -2.00. The van der Waals surface area contributed by atoms with Gasteiger partial charge in [0.1, 0.15) is 23.3 Å². The minimum atomic E-state index is -4.38. The molecule has 23 heavy (non-hydrogen) atoms. The predicted octanol–water partition coefficient (Wildman–Crippen LogP) is 5.67. The van der Waals surface area contributed by atoms with Crippen molar-refractivity contribution in [2.75, 3.05) is 0 Å². The Morgan fingerprint density at radius 1 is 0.826 bits per heavy atom. The van der Waals surface area contributed by atoms with Gasteiger partial charge in [-0.3, -0.25) is 0 Å². The molecule has 0 aromatic heterocycles. The van der Waals surface area contributed by atoms with Crippen LogP contribution in [-0.2, 0) is 9.05 Å². The van der Waals surface area contributed by atoms with Crippen molar-refractivity contribution >= 4 is 64.2 Å². The molecular weight excluding hydrogens is 512 g/mol. The largest absolute Gasteiger partial charge is 0.267 e. The van der Waals surface area contributed by atoms with Gasteiger partial charge in [-0.1, -0.05) is 31.9 Å². The second kappa shape index (κ2) is 8.19. The molecule has 126 valence electrons. The van der Waals surface area contributed by atoms with Crippen LogP contribution in [-0.4, -0.2) is 8.42 Å². The summed E-state index contributed by atoms with van der Waals surface area (Å²) in [6.07, 6.45) is 0. The molecule has 0 bridgehead atoms. The van der Waals surface area contributed by atoms with Crippen LogP contribution in [0, 0.1) is 23.3 Å². The van der Waals surface area contributed by atoms with Gasteiger partial charge in [0.25, 0.3) is 9.05 Å². The average Bonchev–Trinajstić information content (AvgIpc) is 2.33. The summed E-state index contributed by atoms with van der Waals surface area (Å²) in [5, 5.41) is 0. The number of halogens is 7. The highest BCUT2D eigenvalue weighted by Crippen LogP contribution is 2.25. The van der Waals surface area contributed by atoms with Crippen molar-refractivity contribution in [3.05, 3.63) is 56.5 Å². The Bertz CT molecular complexity index is 801. The van der Waals surface area contributed by atoms with E-state index in [9.17, 15) is 26.0 Å². The van der Waals surface area contributed by atoms with E-state index in [0.717, 1.165) is 24.3 Å². The summed E-state index contributed by atoms with van der Waals surface area (Å²) in [7, 11) is 0.419. The van der Waals surface area contributed by atoms with Crippen molar-refractivity contribution in [1.82, 2.24) is 0 Å². The molecule has 0 N–H and O–H groups in total. The zero-order valence-electron chi connectivity index (χ0n) is 10.6. The Morgan fingerprint density at radius 2 is 1.13 bits per heavy atom. The molecule has 0 atom stereocenters.